The van der Waals surface area contributed by atoms with Gasteiger partial charge in [0.1, 0.15) is 6.61 Å². The molecule has 0 radical (unpaired) electrons. The number of thiol groups is 1. The Bertz CT molecular complexity index is 575. The van der Waals surface area contributed by atoms with Crippen LogP contribution < -0.4 is 4.74 Å². The lowest BCUT2D eigenvalue weighted by Gasteiger charge is -2.13. The third-order valence-electron chi connectivity index (χ3n) is 2.74. The van der Waals surface area contributed by atoms with Gasteiger partial charge in [0, 0.05) is 22.7 Å². The van der Waals surface area contributed by atoms with Gasteiger partial charge in [0.15, 0.2) is 0 Å². The topological polar surface area (TPSA) is 27.1 Å². The first-order valence-corrected chi connectivity index (χ1v) is 7.31. The standard InChI is InChI=1S/C13H14F2N2OS2/c1-2-9-4-3-5-11(20-13(14)15)10(9)8-18-12-6-7-17(19)16-12/h3-7,13,19H,2,8H2,1H3. The van der Waals surface area contributed by atoms with Gasteiger partial charge in [0.25, 0.3) is 5.76 Å². The monoisotopic (exact) mass is 316 g/mol. The first-order chi connectivity index (χ1) is 9.60. The highest BCUT2D eigenvalue weighted by molar-refractivity contribution is 7.99. The number of aryl methyl sites for hydroxylation is 1. The molecule has 1 aromatic heterocycles. The SMILES string of the molecule is CCc1cccc(SC(F)F)c1COc1ccn(S)n1. The summed E-state index contributed by atoms with van der Waals surface area (Å²) in [6, 6.07) is 7.06. The Morgan fingerprint density at radius 1 is 1.40 bits per heavy atom. The van der Waals surface area contributed by atoms with Crippen LogP contribution in [0.3, 0.4) is 0 Å². The highest BCUT2D eigenvalue weighted by Crippen LogP contribution is 2.31. The number of hydrogen-bond acceptors (Lipinski definition) is 4. The van der Waals surface area contributed by atoms with E-state index in [2.05, 4.69) is 17.9 Å². The Kier molecular flexibility index (Phi) is 5.31. The maximum absolute atomic E-state index is 12.6. The van der Waals surface area contributed by atoms with Crippen LogP contribution in [-0.2, 0) is 13.0 Å². The lowest BCUT2D eigenvalue weighted by Crippen LogP contribution is -2.03. The fraction of sp³-hybridized carbons (Fsp3) is 0.308. The van der Waals surface area contributed by atoms with Crippen LogP contribution in [0.1, 0.15) is 18.1 Å². The van der Waals surface area contributed by atoms with Gasteiger partial charge in [-0.3, -0.25) is 0 Å². The second-order valence-electron chi connectivity index (χ2n) is 3.99. The first-order valence-electron chi connectivity index (χ1n) is 6.03. The maximum atomic E-state index is 12.6. The molecular weight excluding hydrogens is 302 g/mol. The summed E-state index contributed by atoms with van der Waals surface area (Å²) in [4.78, 5) is 0.546. The van der Waals surface area contributed by atoms with Crippen molar-refractivity contribution in [2.24, 2.45) is 0 Å². The average molecular weight is 316 g/mol. The summed E-state index contributed by atoms with van der Waals surface area (Å²) < 4.78 is 32.1. The van der Waals surface area contributed by atoms with Gasteiger partial charge in [-0.2, -0.15) is 8.78 Å². The average Bonchev–Trinajstić information content (AvgIpc) is 2.82. The third kappa shape index (κ3) is 3.89. The van der Waals surface area contributed by atoms with Crippen molar-refractivity contribution in [2.45, 2.75) is 30.6 Å². The molecule has 3 nitrogen and oxygen atoms in total. The number of benzene rings is 1. The molecule has 1 aromatic carbocycles. The van der Waals surface area contributed by atoms with E-state index in [1.165, 1.54) is 4.09 Å². The molecular formula is C13H14F2N2OS2. The molecule has 0 atom stereocenters. The molecule has 2 rings (SSSR count). The van der Waals surface area contributed by atoms with Crippen molar-refractivity contribution in [3.8, 4) is 5.88 Å². The number of alkyl halides is 2. The van der Waals surface area contributed by atoms with Gasteiger partial charge in [0.05, 0.1) is 0 Å². The quantitative estimate of drug-likeness (QED) is 0.644. The van der Waals surface area contributed by atoms with E-state index in [4.69, 9.17) is 4.74 Å². The van der Waals surface area contributed by atoms with Crippen molar-refractivity contribution >= 4 is 24.6 Å². The molecule has 0 bridgehead atoms. The minimum absolute atomic E-state index is 0.212. The minimum Gasteiger partial charge on any atom is -0.472 e. The molecule has 1 heterocycles. The van der Waals surface area contributed by atoms with Crippen LogP contribution in [0, 0.1) is 0 Å². The summed E-state index contributed by atoms with van der Waals surface area (Å²) in [5.41, 5.74) is 1.79. The predicted octanol–water partition coefficient (Wildman–Crippen LogP) is 4.03. The summed E-state index contributed by atoms with van der Waals surface area (Å²) in [5.74, 6) is -2.03. The normalized spacial score (nSPS) is 11.1. The molecule has 0 N–H and O–H groups in total. The Labute approximate surface area is 125 Å². The number of halogens is 2. The molecule has 0 saturated carbocycles. The molecule has 0 saturated heterocycles. The summed E-state index contributed by atoms with van der Waals surface area (Å²) >= 11 is 4.55. The molecule has 20 heavy (non-hydrogen) atoms. The van der Waals surface area contributed by atoms with Gasteiger partial charge in [-0.05, 0) is 30.9 Å². The highest BCUT2D eigenvalue weighted by atomic mass is 32.2. The number of aromatic nitrogens is 2. The van der Waals surface area contributed by atoms with E-state index < -0.39 is 5.76 Å². The number of hydrogen-bond donors (Lipinski definition) is 1. The smallest absolute Gasteiger partial charge is 0.288 e. The third-order valence-corrected chi connectivity index (χ3v) is 3.78. The van der Waals surface area contributed by atoms with Gasteiger partial charge in [0.2, 0.25) is 5.88 Å². The predicted molar refractivity (Wildman–Crippen MR) is 78.6 cm³/mol. The van der Waals surface area contributed by atoms with E-state index in [-0.39, 0.29) is 6.61 Å². The Balaban J connectivity index is 2.19. The van der Waals surface area contributed by atoms with Gasteiger partial charge in [-0.25, -0.2) is 4.09 Å². The maximum Gasteiger partial charge on any atom is 0.288 e. The zero-order chi connectivity index (χ0) is 14.5. The molecule has 7 heteroatoms. The Morgan fingerprint density at radius 2 is 2.20 bits per heavy atom. The number of thioether (sulfide) groups is 1. The van der Waals surface area contributed by atoms with Gasteiger partial charge in [-0.15, -0.1) is 5.10 Å². The first kappa shape index (κ1) is 15.2. The molecule has 0 amide bonds. The van der Waals surface area contributed by atoms with Crippen LogP contribution in [0.2, 0.25) is 0 Å². The highest BCUT2D eigenvalue weighted by Gasteiger charge is 2.13. The van der Waals surface area contributed by atoms with E-state index in [1.54, 1.807) is 24.4 Å². The van der Waals surface area contributed by atoms with E-state index in [1.807, 2.05) is 13.0 Å². The molecule has 0 aliphatic rings. The van der Waals surface area contributed by atoms with Crippen LogP contribution >= 0.6 is 24.6 Å². The molecule has 0 spiro atoms. The van der Waals surface area contributed by atoms with Gasteiger partial charge < -0.3 is 4.74 Å². The molecule has 0 fully saturated rings. The zero-order valence-electron chi connectivity index (χ0n) is 10.8. The van der Waals surface area contributed by atoms with Crippen LogP contribution in [0.25, 0.3) is 0 Å². The second-order valence-corrected chi connectivity index (χ2v) is 5.43. The van der Waals surface area contributed by atoms with Crippen molar-refractivity contribution in [2.75, 3.05) is 0 Å². The van der Waals surface area contributed by atoms with E-state index in [0.29, 0.717) is 22.5 Å². The number of ether oxygens (including phenoxy) is 1. The van der Waals surface area contributed by atoms with Crippen LogP contribution in [0.5, 0.6) is 5.88 Å². The fourth-order valence-corrected chi connectivity index (χ4v) is 2.67. The number of nitrogens with zero attached hydrogens (tertiary/aromatic N) is 2. The van der Waals surface area contributed by atoms with Crippen LogP contribution in [0.4, 0.5) is 8.78 Å². The van der Waals surface area contributed by atoms with E-state index >= 15 is 0 Å². The van der Waals surface area contributed by atoms with Gasteiger partial charge >= 0.3 is 0 Å². The van der Waals surface area contributed by atoms with E-state index in [9.17, 15) is 8.78 Å². The van der Waals surface area contributed by atoms with Crippen molar-refractivity contribution in [1.82, 2.24) is 9.19 Å². The second kappa shape index (κ2) is 6.99. The summed E-state index contributed by atoms with van der Waals surface area (Å²) in [6.45, 7) is 2.20. The minimum atomic E-state index is -2.45. The lowest BCUT2D eigenvalue weighted by atomic mass is 10.1. The summed E-state index contributed by atoms with van der Waals surface area (Å²) in [7, 11) is 0. The van der Waals surface area contributed by atoms with Crippen LogP contribution in [-0.4, -0.2) is 14.9 Å². The Hall–Kier alpha value is -1.21. The molecule has 0 unspecified atom stereocenters. The van der Waals surface area contributed by atoms with Crippen molar-refractivity contribution in [3.05, 3.63) is 41.6 Å². The van der Waals surface area contributed by atoms with E-state index in [0.717, 1.165) is 17.5 Å². The number of rotatable bonds is 6. The van der Waals surface area contributed by atoms with Gasteiger partial charge in [-0.1, -0.05) is 30.8 Å². The summed E-state index contributed by atoms with van der Waals surface area (Å²) in [6.07, 6.45) is 2.40. The zero-order valence-corrected chi connectivity index (χ0v) is 12.5. The van der Waals surface area contributed by atoms with Crippen LogP contribution in [0.15, 0.2) is 35.4 Å². The fourth-order valence-electron chi connectivity index (χ4n) is 1.83. The summed E-state index contributed by atoms with van der Waals surface area (Å²) in [5, 5.41) is 3.98. The molecule has 0 aliphatic carbocycles. The van der Waals surface area contributed by atoms with Crippen molar-refractivity contribution in [1.29, 1.82) is 0 Å². The molecule has 108 valence electrons. The Morgan fingerprint density at radius 3 is 2.80 bits per heavy atom. The molecule has 2 aromatic rings. The largest absolute Gasteiger partial charge is 0.472 e. The van der Waals surface area contributed by atoms with Crippen molar-refractivity contribution < 1.29 is 13.5 Å². The molecule has 0 aliphatic heterocycles. The lowest BCUT2D eigenvalue weighted by molar-refractivity contribution is 0.251. The van der Waals surface area contributed by atoms with Crippen molar-refractivity contribution in [3.63, 3.8) is 0 Å².